The van der Waals surface area contributed by atoms with Crippen molar-refractivity contribution in [3.8, 4) is 5.75 Å². The quantitative estimate of drug-likeness (QED) is 0.849. The van der Waals surface area contributed by atoms with Crippen molar-refractivity contribution in [1.29, 1.82) is 0 Å². The van der Waals surface area contributed by atoms with Crippen molar-refractivity contribution < 1.29 is 14.1 Å². The number of rotatable bonds is 7. The van der Waals surface area contributed by atoms with E-state index in [9.17, 15) is 4.79 Å². The molecule has 0 spiro atoms. The molecule has 5 heteroatoms. The van der Waals surface area contributed by atoms with Crippen molar-refractivity contribution in [2.75, 3.05) is 13.7 Å². The average molecular weight is 288 g/mol. The Hall–Kier alpha value is -2.30. The van der Waals surface area contributed by atoms with Crippen LogP contribution in [-0.2, 0) is 17.6 Å². The van der Waals surface area contributed by atoms with Crippen LogP contribution in [0.5, 0.6) is 5.75 Å². The maximum Gasteiger partial charge on any atom is 0.220 e. The number of benzene rings is 1. The molecule has 1 N–H and O–H groups in total. The van der Waals surface area contributed by atoms with Gasteiger partial charge in [0.05, 0.1) is 12.8 Å². The highest BCUT2D eigenvalue weighted by molar-refractivity contribution is 5.76. The summed E-state index contributed by atoms with van der Waals surface area (Å²) in [6, 6.07) is 9.64. The van der Waals surface area contributed by atoms with Gasteiger partial charge >= 0.3 is 0 Å². The zero-order valence-electron chi connectivity index (χ0n) is 12.4. The molecular formula is C16H20N2O3. The van der Waals surface area contributed by atoms with E-state index in [-0.39, 0.29) is 5.91 Å². The molecule has 0 unspecified atom stereocenters. The highest BCUT2D eigenvalue weighted by atomic mass is 16.5. The molecule has 1 amide bonds. The van der Waals surface area contributed by atoms with Gasteiger partial charge in [0.2, 0.25) is 5.91 Å². The van der Waals surface area contributed by atoms with Crippen molar-refractivity contribution >= 4 is 5.91 Å². The molecule has 0 radical (unpaired) electrons. The van der Waals surface area contributed by atoms with Crippen LogP contribution in [0.25, 0.3) is 0 Å². The molecule has 0 bridgehead atoms. The van der Waals surface area contributed by atoms with E-state index >= 15 is 0 Å². The summed E-state index contributed by atoms with van der Waals surface area (Å²) in [5.74, 6) is 1.66. The molecule has 0 saturated heterocycles. The first kappa shape index (κ1) is 15.1. The van der Waals surface area contributed by atoms with Crippen molar-refractivity contribution in [3.05, 3.63) is 47.3 Å². The summed E-state index contributed by atoms with van der Waals surface area (Å²) in [5, 5.41) is 6.77. The van der Waals surface area contributed by atoms with E-state index in [2.05, 4.69) is 10.5 Å². The van der Waals surface area contributed by atoms with Gasteiger partial charge in [-0.1, -0.05) is 17.3 Å². The first-order chi connectivity index (χ1) is 10.2. The molecule has 1 aromatic heterocycles. The summed E-state index contributed by atoms with van der Waals surface area (Å²) in [6.07, 6.45) is 1.88. The van der Waals surface area contributed by atoms with E-state index in [0.717, 1.165) is 29.2 Å². The van der Waals surface area contributed by atoms with Gasteiger partial charge in [0.1, 0.15) is 11.5 Å². The second kappa shape index (κ2) is 7.47. The van der Waals surface area contributed by atoms with E-state index in [1.807, 2.05) is 37.3 Å². The second-order valence-corrected chi connectivity index (χ2v) is 4.88. The zero-order valence-corrected chi connectivity index (χ0v) is 12.4. The van der Waals surface area contributed by atoms with Crippen molar-refractivity contribution in [1.82, 2.24) is 10.5 Å². The molecule has 2 rings (SSSR count). The Bertz CT molecular complexity index is 575. The highest BCUT2D eigenvalue weighted by Gasteiger charge is 2.04. The molecule has 0 saturated carbocycles. The summed E-state index contributed by atoms with van der Waals surface area (Å²) in [7, 11) is 1.64. The molecule has 0 atom stereocenters. The third kappa shape index (κ3) is 4.95. The molecule has 0 aliphatic heterocycles. The fraction of sp³-hybridized carbons (Fsp3) is 0.375. The van der Waals surface area contributed by atoms with Crippen LogP contribution < -0.4 is 10.1 Å². The Balaban J connectivity index is 1.67. The lowest BCUT2D eigenvalue weighted by Crippen LogP contribution is -2.25. The standard InChI is InChI=1S/C16H20N2O3/c1-12-11-14(18-21-12)9-10-17-16(19)8-5-13-3-6-15(20-2)7-4-13/h3-4,6-7,11H,5,8-10H2,1-2H3,(H,17,19). The Morgan fingerprint density at radius 1 is 1.29 bits per heavy atom. The molecule has 2 aromatic rings. The largest absolute Gasteiger partial charge is 0.497 e. The molecule has 112 valence electrons. The minimum Gasteiger partial charge on any atom is -0.497 e. The Morgan fingerprint density at radius 2 is 2.05 bits per heavy atom. The van der Waals surface area contributed by atoms with E-state index in [0.29, 0.717) is 19.4 Å². The first-order valence-corrected chi connectivity index (χ1v) is 6.99. The summed E-state index contributed by atoms with van der Waals surface area (Å²) in [6.45, 7) is 2.43. The van der Waals surface area contributed by atoms with Crippen LogP contribution in [0.15, 0.2) is 34.9 Å². The third-order valence-electron chi connectivity index (χ3n) is 3.18. The molecule has 0 aliphatic carbocycles. The summed E-state index contributed by atoms with van der Waals surface area (Å²) < 4.78 is 10.1. The topological polar surface area (TPSA) is 64.4 Å². The summed E-state index contributed by atoms with van der Waals surface area (Å²) >= 11 is 0. The van der Waals surface area contributed by atoms with Gasteiger partial charge in [0, 0.05) is 25.5 Å². The maximum atomic E-state index is 11.8. The lowest BCUT2D eigenvalue weighted by Gasteiger charge is -2.05. The average Bonchev–Trinajstić information content (AvgIpc) is 2.91. The molecule has 21 heavy (non-hydrogen) atoms. The monoisotopic (exact) mass is 288 g/mol. The summed E-state index contributed by atoms with van der Waals surface area (Å²) in [5.41, 5.74) is 1.99. The number of aromatic nitrogens is 1. The van der Waals surface area contributed by atoms with E-state index in [4.69, 9.17) is 9.26 Å². The van der Waals surface area contributed by atoms with Crippen molar-refractivity contribution in [3.63, 3.8) is 0 Å². The fourth-order valence-corrected chi connectivity index (χ4v) is 2.00. The van der Waals surface area contributed by atoms with Gasteiger partial charge in [-0.15, -0.1) is 0 Å². The number of hydrogen-bond donors (Lipinski definition) is 1. The number of amides is 1. The number of hydrogen-bond acceptors (Lipinski definition) is 4. The molecule has 0 fully saturated rings. The van der Waals surface area contributed by atoms with Gasteiger partial charge in [0.15, 0.2) is 0 Å². The van der Waals surface area contributed by atoms with Crippen LogP contribution in [0.2, 0.25) is 0 Å². The van der Waals surface area contributed by atoms with Crippen molar-refractivity contribution in [2.24, 2.45) is 0 Å². The van der Waals surface area contributed by atoms with E-state index < -0.39 is 0 Å². The normalized spacial score (nSPS) is 10.4. The number of nitrogens with one attached hydrogen (secondary N) is 1. The van der Waals surface area contributed by atoms with Crippen LogP contribution in [0.1, 0.15) is 23.4 Å². The molecular weight excluding hydrogens is 268 g/mol. The van der Waals surface area contributed by atoms with Gasteiger partial charge in [-0.2, -0.15) is 0 Å². The van der Waals surface area contributed by atoms with Gasteiger partial charge in [-0.3, -0.25) is 4.79 Å². The van der Waals surface area contributed by atoms with Crippen LogP contribution in [-0.4, -0.2) is 24.7 Å². The van der Waals surface area contributed by atoms with E-state index in [1.54, 1.807) is 7.11 Å². The Morgan fingerprint density at radius 3 is 2.67 bits per heavy atom. The first-order valence-electron chi connectivity index (χ1n) is 6.99. The number of aryl methyl sites for hydroxylation is 2. The van der Waals surface area contributed by atoms with Crippen LogP contribution in [0, 0.1) is 6.92 Å². The minimum absolute atomic E-state index is 0.0473. The predicted octanol–water partition coefficient (Wildman–Crippen LogP) is 2.28. The van der Waals surface area contributed by atoms with Crippen LogP contribution >= 0.6 is 0 Å². The molecule has 5 nitrogen and oxygen atoms in total. The summed E-state index contributed by atoms with van der Waals surface area (Å²) in [4.78, 5) is 11.8. The maximum absolute atomic E-state index is 11.8. The number of ether oxygens (including phenoxy) is 1. The lowest BCUT2D eigenvalue weighted by atomic mass is 10.1. The van der Waals surface area contributed by atoms with Crippen LogP contribution in [0.4, 0.5) is 0 Å². The molecule has 1 heterocycles. The third-order valence-corrected chi connectivity index (χ3v) is 3.18. The number of methoxy groups -OCH3 is 1. The predicted molar refractivity (Wildman–Crippen MR) is 79.3 cm³/mol. The van der Waals surface area contributed by atoms with Gasteiger partial charge < -0.3 is 14.6 Å². The number of carbonyl (C=O) groups excluding carboxylic acids is 1. The van der Waals surface area contributed by atoms with Gasteiger partial charge in [0.25, 0.3) is 0 Å². The lowest BCUT2D eigenvalue weighted by molar-refractivity contribution is -0.121. The smallest absolute Gasteiger partial charge is 0.220 e. The fourth-order valence-electron chi connectivity index (χ4n) is 2.00. The molecule has 0 aliphatic rings. The SMILES string of the molecule is COc1ccc(CCC(=O)NCCc2cc(C)on2)cc1. The second-order valence-electron chi connectivity index (χ2n) is 4.88. The number of carbonyl (C=O) groups is 1. The number of nitrogens with zero attached hydrogens (tertiary/aromatic N) is 1. The van der Waals surface area contributed by atoms with Crippen LogP contribution in [0.3, 0.4) is 0 Å². The van der Waals surface area contributed by atoms with E-state index in [1.165, 1.54) is 0 Å². The van der Waals surface area contributed by atoms with Gasteiger partial charge in [-0.05, 0) is 31.0 Å². The molecule has 1 aromatic carbocycles. The minimum atomic E-state index is 0.0473. The zero-order chi connectivity index (χ0) is 15.1. The van der Waals surface area contributed by atoms with Crippen molar-refractivity contribution in [2.45, 2.75) is 26.2 Å². The Labute approximate surface area is 124 Å². The Kier molecular flexibility index (Phi) is 5.37. The highest BCUT2D eigenvalue weighted by Crippen LogP contribution is 2.12. The van der Waals surface area contributed by atoms with Gasteiger partial charge in [-0.25, -0.2) is 0 Å².